The summed E-state index contributed by atoms with van der Waals surface area (Å²) in [5.41, 5.74) is 0.814. The predicted octanol–water partition coefficient (Wildman–Crippen LogP) is 2.99. The number of ketones is 1. The first-order valence-corrected chi connectivity index (χ1v) is 10.7. The summed E-state index contributed by atoms with van der Waals surface area (Å²) in [4.78, 5) is 17.1. The number of rotatable bonds is 5. The quantitative estimate of drug-likeness (QED) is 0.583. The Balaban J connectivity index is 1.72. The minimum Gasteiger partial charge on any atom is -0.339 e. The smallest absolute Gasteiger partial charge is 0.262 e. The zero-order valence-electron chi connectivity index (χ0n) is 16.1. The van der Waals surface area contributed by atoms with Crippen LogP contribution in [0, 0.1) is 17.6 Å². The molecular weight excluding hydrogens is 412 g/mol. The van der Waals surface area contributed by atoms with Crippen molar-refractivity contribution in [3.05, 3.63) is 83.8 Å². The van der Waals surface area contributed by atoms with Crippen LogP contribution in [0.25, 0.3) is 0 Å². The van der Waals surface area contributed by atoms with Gasteiger partial charge in [-0.3, -0.25) is 4.79 Å². The number of imidazole rings is 1. The van der Waals surface area contributed by atoms with Gasteiger partial charge in [-0.25, -0.2) is 22.2 Å². The van der Waals surface area contributed by atoms with Crippen LogP contribution in [0.1, 0.15) is 21.8 Å². The molecule has 1 fully saturated rings. The second-order valence-corrected chi connectivity index (χ2v) is 9.22. The van der Waals surface area contributed by atoms with Gasteiger partial charge in [0.15, 0.2) is 10.8 Å². The van der Waals surface area contributed by atoms with Crippen LogP contribution in [0.5, 0.6) is 0 Å². The maximum atomic E-state index is 13.7. The molecule has 0 N–H and O–H groups in total. The van der Waals surface area contributed by atoms with Crippen LogP contribution in [-0.4, -0.2) is 41.1 Å². The number of hydrogen-bond donors (Lipinski definition) is 0. The number of sulfonamides is 1. The van der Waals surface area contributed by atoms with Crippen LogP contribution >= 0.6 is 0 Å². The maximum absolute atomic E-state index is 13.7. The molecule has 0 aliphatic carbocycles. The molecule has 9 heteroatoms. The average molecular weight is 431 g/mol. The number of benzene rings is 2. The lowest BCUT2D eigenvalue weighted by atomic mass is 9.84. The van der Waals surface area contributed by atoms with E-state index >= 15 is 0 Å². The molecule has 0 amide bonds. The molecule has 156 valence electrons. The van der Waals surface area contributed by atoms with Crippen LogP contribution in [0.15, 0.2) is 66.1 Å². The van der Waals surface area contributed by atoms with Gasteiger partial charge in [-0.15, -0.1) is 0 Å². The van der Waals surface area contributed by atoms with E-state index in [1.54, 1.807) is 19.2 Å². The highest BCUT2D eigenvalue weighted by Crippen LogP contribution is 2.37. The summed E-state index contributed by atoms with van der Waals surface area (Å²) in [5.74, 6) is -2.57. The zero-order valence-corrected chi connectivity index (χ0v) is 16.9. The molecule has 30 heavy (non-hydrogen) atoms. The molecule has 2 unspecified atom stereocenters. The molecule has 1 saturated heterocycles. The lowest BCUT2D eigenvalue weighted by Crippen LogP contribution is -2.30. The van der Waals surface area contributed by atoms with E-state index in [1.165, 1.54) is 51.7 Å². The largest absolute Gasteiger partial charge is 0.339 e. The summed E-state index contributed by atoms with van der Waals surface area (Å²) < 4.78 is 55.9. The third kappa shape index (κ3) is 3.78. The Kier molecular flexibility index (Phi) is 5.25. The van der Waals surface area contributed by atoms with Crippen LogP contribution < -0.4 is 0 Å². The first-order chi connectivity index (χ1) is 14.3. The van der Waals surface area contributed by atoms with Crippen LogP contribution in [0.3, 0.4) is 0 Å². The lowest BCUT2D eigenvalue weighted by Gasteiger charge is -2.17. The van der Waals surface area contributed by atoms with Gasteiger partial charge in [0.05, 0.1) is 6.33 Å². The third-order valence-electron chi connectivity index (χ3n) is 5.32. The van der Waals surface area contributed by atoms with E-state index < -0.39 is 33.5 Å². The molecule has 0 spiro atoms. The molecule has 0 saturated carbocycles. The molecule has 0 bridgehead atoms. The molecule has 2 atom stereocenters. The van der Waals surface area contributed by atoms with E-state index in [2.05, 4.69) is 4.98 Å². The van der Waals surface area contributed by atoms with E-state index in [-0.39, 0.29) is 29.5 Å². The van der Waals surface area contributed by atoms with Crippen molar-refractivity contribution in [1.82, 2.24) is 13.9 Å². The van der Waals surface area contributed by atoms with E-state index in [0.29, 0.717) is 5.56 Å². The summed E-state index contributed by atoms with van der Waals surface area (Å²) in [7, 11) is -2.26. The van der Waals surface area contributed by atoms with Gasteiger partial charge in [0, 0.05) is 43.7 Å². The first kappa shape index (κ1) is 20.4. The molecule has 4 rings (SSSR count). The van der Waals surface area contributed by atoms with E-state index in [1.807, 2.05) is 0 Å². The van der Waals surface area contributed by atoms with Gasteiger partial charge in [0.25, 0.3) is 10.0 Å². The van der Waals surface area contributed by atoms with E-state index in [4.69, 9.17) is 0 Å². The SMILES string of the molecule is Cn1cnc(S(=O)(=O)N2CC(C(=O)c3cccc(F)c3)C(c3ccc(F)cc3)C2)c1. The number of nitrogens with zero attached hydrogens (tertiary/aromatic N) is 3. The van der Waals surface area contributed by atoms with Gasteiger partial charge >= 0.3 is 0 Å². The van der Waals surface area contributed by atoms with Gasteiger partial charge in [-0.1, -0.05) is 24.3 Å². The third-order valence-corrected chi connectivity index (χ3v) is 7.03. The number of hydrogen-bond acceptors (Lipinski definition) is 4. The van der Waals surface area contributed by atoms with E-state index in [0.717, 1.165) is 6.07 Å². The zero-order chi connectivity index (χ0) is 21.5. The van der Waals surface area contributed by atoms with Crippen molar-refractivity contribution < 1.29 is 22.0 Å². The van der Waals surface area contributed by atoms with Crippen molar-refractivity contribution in [1.29, 1.82) is 0 Å². The highest BCUT2D eigenvalue weighted by molar-refractivity contribution is 7.89. The van der Waals surface area contributed by atoms with Crippen molar-refractivity contribution in [2.45, 2.75) is 10.9 Å². The predicted molar refractivity (Wildman–Crippen MR) is 105 cm³/mol. The van der Waals surface area contributed by atoms with Gasteiger partial charge in [-0.05, 0) is 29.8 Å². The van der Waals surface area contributed by atoms with Crippen LogP contribution in [-0.2, 0) is 17.1 Å². The monoisotopic (exact) mass is 431 g/mol. The number of carbonyl (C=O) groups excluding carboxylic acids is 1. The van der Waals surface area contributed by atoms with Crippen molar-refractivity contribution in [3.63, 3.8) is 0 Å². The van der Waals surface area contributed by atoms with Gasteiger partial charge in [0.2, 0.25) is 0 Å². The summed E-state index contributed by atoms with van der Waals surface area (Å²) >= 11 is 0. The molecule has 6 nitrogen and oxygen atoms in total. The Labute approximate surface area is 172 Å². The van der Waals surface area contributed by atoms with Crippen LogP contribution in [0.4, 0.5) is 8.78 Å². The highest BCUT2D eigenvalue weighted by Gasteiger charge is 2.44. The molecule has 1 aliphatic rings. The number of carbonyl (C=O) groups is 1. The summed E-state index contributed by atoms with van der Waals surface area (Å²) in [5, 5.41) is -0.110. The normalized spacial score (nSPS) is 19.8. The average Bonchev–Trinajstić information content (AvgIpc) is 3.35. The first-order valence-electron chi connectivity index (χ1n) is 9.29. The number of aromatic nitrogens is 2. The fraction of sp³-hybridized carbons (Fsp3) is 0.238. The van der Waals surface area contributed by atoms with Crippen molar-refractivity contribution in [2.75, 3.05) is 13.1 Å². The summed E-state index contributed by atoms with van der Waals surface area (Å²) in [6, 6.07) is 11.0. The Morgan fingerprint density at radius 1 is 1.07 bits per heavy atom. The minimum atomic E-state index is -3.92. The fourth-order valence-corrected chi connectivity index (χ4v) is 5.25. The van der Waals surface area contributed by atoms with Crippen LogP contribution in [0.2, 0.25) is 0 Å². The molecule has 2 heterocycles. The number of aryl methyl sites for hydroxylation is 1. The molecule has 1 aromatic heterocycles. The summed E-state index contributed by atoms with van der Waals surface area (Å²) in [6.45, 7) is -0.0352. The Hall–Kier alpha value is -2.91. The van der Waals surface area contributed by atoms with Crippen molar-refractivity contribution in [2.24, 2.45) is 13.0 Å². The molecular formula is C21H19F2N3O3S. The second kappa shape index (κ2) is 7.73. The Bertz CT molecular complexity index is 1190. The van der Waals surface area contributed by atoms with Gasteiger partial charge in [0.1, 0.15) is 11.6 Å². The summed E-state index contributed by atoms with van der Waals surface area (Å²) in [6.07, 6.45) is 2.78. The standard InChI is InChI=1S/C21H19F2N3O3S/c1-25-12-20(24-13-25)30(28,29)26-10-18(14-5-7-16(22)8-6-14)19(11-26)21(27)15-3-2-4-17(23)9-15/h2-9,12-13,18-19H,10-11H2,1H3. The van der Waals surface area contributed by atoms with E-state index in [9.17, 15) is 22.0 Å². The lowest BCUT2D eigenvalue weighted by molar-refractivity contribution is 0.0917. The molecule has 1 aliphatic heterocycles. The fourth-order valence-electron chi connectivity index (χ4n) is 3.79. The maximum Gasteiger partial charge on any atom is 0.262 e. The van der Waals surface area contributed by atoms with Gasteiger partial charge in [-0.2, -0.15) is 4.31 Å². The van der Waals surface area contributed by atoms with Crippen molar-refractivity contribution >= 4 is 15.8 Å². The minimum absolute atomic E-state index is 0.0380. The molecule has 3 aromatic rings. The number of Topliss-reactive ketones (excluding diaryl/α,β-unsaturated/α-hetero) is 1. The Morgan fingerprint density at radius 3 is 2.43 bits per heavy atom. The number of halogens is 2. The topological polar surface area (TPSA) is 72.3 Å². The molecule has 2 aromatic carbocycles. The Morgan fingerprint density at radius 2 is 1.80 bits per heavy atom. The van der Waals surface area contributed by atoms with Gasteiger partial charge < -0.3 is 4.57 Å². The molecule has 0 radical (unpaired) electrons. The highest BCUT2D eigenvalue weighted by atomic mass is 32.2. The second-order valence-electron chi connectivity index (χ2n) is 7.34. The van der Waals surface area contributed by atoms with Crippen molar-refractivity contribution in [3.8, 4) is 0 Å².